The molecule has 0 unspecified atom stereocenters. The van der Waals surface area contributed by atoms with Gasteiger partial charge in [-0.25, -0.2) is 0 Å². The lowest BCUT2D eigenvalue weighted by Crippen LogP contribution is -1.47. The predicted molar refractivity (Wildman–Crippen MR) is 40.4 cm³/mol. The summed E-state index contributed by atoms with van der Waals surface area (Å²) in [6.07, 6.45) is 2.64. The normalized spacial score (nSPS) is 5.83. The quantitative estimate of drug-likeness (QED) is 0.445. The van der Waals surface area contributed by atoms with E-state index in [1.54, 1.807) is 22.4 Å². The van der Waals surface area contributed by atoms with Crippen molar-refractivity contribution in [3.63, 3.8) is 0 Å². The van der Waals surface area contributed by atoms with Crippen molar-refractivity contribution >= 4 is 28.1 Å². The van der Waals surface area contributed by atoms with Crippen LogP contribution in [0.3, 0.4) is 0 Å². The van der Waals surface area contributed by atoms with Gasteiger partial charge in [-0.05, 0) is 0 Å². The Kier molecular flexibility index (Phi) is 28.2. The molecule has 0 aromatic carbocycles. The first-order chi connectivity index (χ1) is 2.91. The first-order valence-corrected chi connectivity index (χ1v) is 3.38. The third kappa shape index (κ3) is 21.4. The van der Waals surface area contributed by atoms with E-state index in [1.165, 1.54) is 12.8 Å². The second kappa shape index (κ2) is 17.1. The SMILES string of the molecule is CCCC.[B]I. The molecule has 0 heterocycles. The summed E-state index contributed by atoms with van der Waals surface area (Å²) in [5.74, 6) is 0. The first kappa shape index (κ1) is 9.92. The van der Waals surface area contributed by atoms with Gasteiger partial charge in [-0.15, -0.1) is 0 Å². The van der Waals surface area contributed by atoms with Gasteiger partial charge in [-0.3, -0.25) is 0 Å². The molecular formula is C4H10BI. The van der Waals surface area contributed by atoms with E-state index in [2.05, 4.69) is 19.6 Å². The lowest BCUT2D eigenvalue weighted by molar-refractivity contribution is 0.886. The molecule has 6 heavy (non-hydrogen) atoms. The van der Waals surface area contributed by atoms with Gasteiger partial charge < -0.3 is 0 Å². The third-order valence-electron chi connectivity index (χ3n) is 0.500. The Morgan fingerprint density at radius 3 is 1.33 bits per heavy atom. The molecule has 0 N–H and O–H groups in total. The third-order valence-corrected chi connectivity index (χ3v) is 0.500. The van der Waals surface area contributed by atoms with Gasteiger partial charge in [0.2, 0.25) is 0 Å². The lowest BCUT2D eigenvalue weighted by Gasteiger charge is -1.68. The van der Waals surface area contributed by atoms with Gasteiger partial charge in [0, 0.05) is 0 Å². The Morgan fingerprint density at radius 1 is 1.17 bits per heavy atom. The van der Waals surface area contributed by atoms with Crippen LogP contribution in [0.2, 0.25) is 0 Å². The molecule has 2 heteroatoms. The molecule has 0 bridgehead atoms. The minimum atomic E-state index is 1.32. The van der Waals surface area contributed by atoms with Crippen LogP contribution in [-0.2, 0) is 0 Å². The van der Waals surface area contributed by atoms with Gasteiger partial charge in [0.1, 0.15) is 0 Å². The summed E-state index contributed by atoms with van der Waals surface area (Å²) in [6.45, 7) is 4.36. The van der Waals surface area contributed by atoms with Crippen LogP contribution in [0.25, 0.3) is 0 Å². The summed E-state index contributed by atoms with van der Waals surface area (Å²) < 4.78 is 0. The van der Waals surface area contributed by atoms with Crippen molar-refractivity contribution < 1.29 is 0 Å². The van der Waals surface area contributed by atoms with E-state index in [0.29, 0.717) is 0 Å². The molecule has 0 rings (SSSR count). The topological polar surface area (TPSA) is 0 Å². The average molecular weight is 196 g/mol. The van der Waals surface area contributed by atoms with E-state index >= 15 is 0 Å². The summed E-state index contributed by atoms with van der Waals surface area (Å²) in [5, 5.41) is 0. The van der Waals surface area contributed by atoms with Crippen molar-refractivity contribution in [1.29, 1.82) is 0 Å². The highest BCUT2D eigenvalue weighted by Gasteiger charge is 1.56. The van der Waals surface area contributed by atoms with Crippen LogP contribution in [0.5, 0.6) is 0 Å². The van der Waals surface area contributed by atoms with Crippen molar-refractivity contribution in [3.8, 4) is 0 Å². The molecule has 0 amide bonds. The standard InChI is InChI=1S/C4H10.BI/c1-3-4-2;1-2/h3-4H2,1-2H3;. The Balaban J connectivity index is 0. The summed E-state index contributed by atoms with van der Waals surface area (Å²) in [4.78, 5) is 0. The number of unbranched alkanes of at least 4 members (excludes halogenated alkanes) is 1. The summed E-state index contributed by atoms with van der Waals surface area (Å²) in [7, 11) is 0. The lowest BCUT2D eigenvalue weighted by atomic mass is 10.4. The highest BCUT2D eigenvalue weighted by molar-refractivity contribution is 14.1. The van der Waals surface area contributed by atoms with Crippen molar-refractivity contribution in [3.05, 3.63) is 0 Å². The fourth-order valence-electron chi connectivity index (χ4n) is 0. The molecule has 0 fully saturated rings. The van der Waals surface area contributed by atoms with Crippen molar-refractivity contribution in [1.82, 2.24) is 0 Å². The molecule has 0 spiro atoms. The molecular weight excluding hydrogens is 186 g/mol. The fraction of sp³-hybridized carbons (Fsp3) is 1.00. The predicted octanol–water partition coefficient (Wildman–Crippen LogP) is 2.31. The molecule has 0 atom stereocenters. The zero-order valence-electron chi connectivity index (χ0n) is 4.37. The molecule has 36 valence electrons. The molecule has 0 saturated carbocycles. The maximum Gasteiger partial charge on any atom is 0.169 e. The zero-order chi connectivity index (χ0) is 5.41. The minimum Gasteiger partial charge on any atom is -0.169 e. The smallest absolute Gasteiger partial charge is 0.169 e. The molecule has 0 nitrogen and oxygen atoms in total. The number of hydrogen-bond donors (Lipinski definition) is 0. The molecule has 0 saturated heterocycles. The Morgan fingerprint density at radius 2 is 1.33 bits per heavy atom. The highest BCUT2D eigenvalue weighted by Crippen LogP contribution is 1.76. The summed E-state index contributed by atoms with van der Waals surface area (Å²) in [6, 6.07) is 0. The van der Waals surface area contributed by atoms with Crippen LogP contribution >= 0.6 is 22.4 Å². The van der Waals surface area contributed by atoms with Crippen molar-refractivity contribution in [2.45, 2.75) is 26.7 Å². The van der Waals surface area contributed by atoms with E-state index < -0.39 is 0 Å². The number of rotatable bonds is 1. The Bertz CT molecular complexity index is 9.51. The largest absolute Gasteiger partial charge is 0.169 e. The monoisotopic (exact) mass is 196 g/mol. The summed E-state index contributed by atoms with van der Waals surface area (Å²) in [5.41, 5.74) is 4.47. The maximum atomic E-state index is 4.47. The Labute approximate surface area is 55.0 Å². The van der Waals surface area contributed by atoms with E-state index in [0.717, 1.165) is 0 Å². The van der Waals surface area contributed by atoms with Gasteiger partial charge in [0.05, 0.1) is 0 Å². The molecule has 0 aliphatic rings. The van der Waals surface area contributed by atoms with Crippen molar-refractivity contribution in [2.75, 3.05) is 0 Å². The minimum absolute atomic E-state index is 1.32. The van der Waals surface area contributed by atoms with Crippen LogP contribution in [-0.4, -0.2) is 5.70 Å². The molecule has 0 aliphatic heterocycles. The van der Waals surface area contributed by atoms with Crippen LogP contribution in [0.1, 0.15) is 26.7 Å². The van der Waals surface area contributed by atoms with Gasteiger partial charge in [-0.1, -0.05) is 26.7 Å². The average Bonchev–Trinajstić information content (AvgIpc) is 1.72. The molecule has 0 aliphatic carbocycles. The van der Waals surface area contributed by atoms with Gasteiger partial charge >= 0.3 is 0 Å². The Hall–Kier alpha value is 0.795. The number of hydrogen-bond acceptors (Lipinski definition) is 0. The van der Waals surface area contributed by atoms with E-state index in [1.807, 2.05) is 0 Å². The van der Waals surface area contributed by atoms with Crippen LogP contribution in [0.4, 0.5) is 0 Å². The maximum absolute atomic E-state index is 4.47. The summed E-state index contributed by atoms with van der Waals surface area (Å²) >= 11 is 1.65. The highest BCUT2D eigenvalue weighted by atomic mass is 127. The van der Waals surface area contributed by atoms with Crippen LogP contribution in [0, 0.1) is 0 Å². The fourth-order valence-corrected chi connectivity index (χ4v) is 0. The van der Waals surface area contributed by atoms with Crippen molar-refractivity contribution in [2.24, 2.45) is 0 Å². The second-order valence-corrected chi connectivity index (χ2v) is 1.000. The van der Waals surface area contributed by atoms with E-state index in [-0.39, 0.29) is 0 Å². The number of halogens is 1. The zero-order valence-corrected chi connectivity index (χ0v) is 6.53. The molecule has 2 radical (unpaired) electrons. The van der Waals surface area contributed by atoms with Gasteiger partial charge in [-0.2, -0.15) is 22.4 Å². The van der Waals surface area contributed by atoms with Crippen LogP contribution < -0.4 is 0 Å². The molecule has 0 aromatic rings. The van der Waals surface area contributed by atoms with Gasteiger partial charge in [0.25, 0.3) is 0 Å². The molecule has 0 aromatic heterocycles. The first-order valence-electron chi connectivity index (χ1n) is 2.13. The van der Waals surface area contributed by atoms with E-state index in [4.69, 9.17) is 0 Å². The van der Waals surface area contributed by atoms with Crippen LogP contribution in [0.15, 0.2) is 0 Å². The van der Waals surface area contributed by atoms with E-state index in [9.17, 15) is 0 Å². The van der Waals surface area contributed by atoms with Gasteiger partial charge in [0.15, 0.2) is 5.70 Å². The second-order valence-electron chi connectivity index (χ2n) is 1.000.